The van der Waals surface area contributed by atoms with Crippen molar-refractivity contribution in [2.24, 2.45) is 0 Å². The molecule has 1 aliphatic heterocycles. The minimum Gasteiger partial charge on any atom is -0.374 e. The number of hydrogen-bond acceptors (Lipinski definition) is 3. The fourth-order valence-corrected chi connectivity index (χ4v) is 2.11. The number of unbranched alkanes of at least 4 members (excludes halogenated alkanes) is 3. The van der Waals surface area contributed by atoms with Crippen molar-refractivity contribution >= 4 is 0 Å². The summed E-state index contributed by atoms with van der Waals surface area (Å²) in [7, 11) is 0. The highest BCUT2D eigenvalue weighted by molar-refractivity contribution is 4.94. The van der Waals surface area contributed by atoms with Crippen molar-refractivity contribution in [2.45, 2.75) is 64.8 Å². The van der Waals surface area contributed by atoms with Gasteiger partial charge in [0, 0.05) is 12.4 Å². The van der Waals surface area contributed by atoms with Crippen LogP contribution in [0.25, 0.3) is 0 Å². The van der Waals surface area contributed by atoms with Crippen molar-refractivity contribution in [1.82, 2.24) is 10.2 Å². The molecule has 3 nitrogen and oxygen atoms in total. The van der Waals surface area contributed by atoms with E-state index in [-0.39, 0.29) is 6.17 Å². The number of rotatable bonds is 8. The Morgan fingerprint density at radius 3 is 2.88 bits per heavy atom. The molecular formula is C14H26N2O. The fraction of sp³-hybridized carbons (Fsp3) is 0.714. The highest BCUT2D eigenvalue weighted by Gasteiger charge is 2.20. The predicted molar refractivity (Wildman–Crippen MR) is 72.1 cm³/mol. The van der Waals surface area contributed by atoms with E-state index in [4.69, 9.17) is 0 Å². The van der Waals surface area contributed by atoms with Crippen molar-refractivity contribution in [2.75, 3.05) is 0 Å². The summed E-state index contributed by atoms with van der Waals surface area (Å²) in [4.78, 5) is 1.97. The van der Waals surface area contributed by atoms with Gasteiger partial charge in [0.2, 0.25) is 0 Å². The van der Waals surface area contributed by atoms with Gasteiger partial charge < -0.3 is 15.3 Å². The molecule has 3 heteroatoms. The lowest BCUT2D eigenvalue weighted by atomic mass is 10.1. The van der Waals surface area contributed by atoms with Crippen LogP contribution in [0.3, 0.4) is 0 Å². The molecule has 1 heterocycles. The van der Waals surface area contributed by atoms with Gasteiger partial charge >= 0.3 is 0 Å². The van der Waals surface area contributed by atoms with E-state index >= 15 is 0 Å². The highest BCUT2D eigenvalue weighted by atomic mass is 16.3. The molecule has 0 fully saturated rings. The van der Waals surface area contributed by atoms with Gasteiger partial charge in [-0.3, -0.25) is 0 Å². The average Bonchev–Trinajstić information content (AvgIpc) is 2.76. The van der Waals surface area contributed by atoms with Gasteiger partial charge in [-0.05, 0) is 39.0 Å². The Hall–Kier alpha value is -0.960. The van der Waals surface area contributed by atoms with Crippen molar-refractivity contribution < 1.29 is 5.11 Å². The summed E-state index contributed by atoms with van der Waals surface area (Å²) in [6.45, 7) is 3.97. The standard InChI is InChI=1S/C14H26N2O/c1-3-4-5-6-7-8-9-10-14-15-11-12-16(14)13(2)17/h4-5,11-15,17H,3,6-10H2,1-2H3/b5-4+. The molecular weight excluding hydrogens is 212 g/mol. The largest absolute Gasteiger partial charge is 0.374 e. The van der Waals surface area contributed by atoms with Gasteiger partial charge in [0.05, 0.1) is 0 Å². The van der Waals surface area contributed by atoms with E-state index in [9.17, 15) is 5.11 Å². The van der Waals surface area contributed by atoms with Gasteiger partial charge in [0.1, 0.15) is 12.4 Å². The maximum absolute atomic E-state index is 9.55. The summed E-state index contributed by atoms with van der Waals surface area (Å²) in [5.41, 5.74) is 0. The van der Waals surface area contributed by atoms with Gasteiger partial charge in [0.25, 0.3) is 0 Å². The van der Waals surface area contributed by atoms with E-state index in [1.807, 2.05) is 17.3 Å². The van der Waals surface area contributed by atoms with E-state index in [2.05, 4.69) is 24.4 Å². The molecule has 0 spiro atoms. The molecule has 98 valence electrons. The summed E-state index contributed by atoms with van der Waals surface area (Å²) in [5.74, 6) is 0. The molecule has 0 saturated heterocycles. The predicted octanol–water partition coefficient (Wildman–Crippen LogP) is 2.94. The number of aliphatic hydroxyl groups is 1. The van der Waals surface area contributed by atoms with Crippen molar-refractivity contribution in [3.05, 3.63) is 24.6 Å². The fourth-order valence-electron chi connectivity index (χ4n) is 2.11. The monoisotopic (exact) mass is 238 g/mol. The maximum atomic E-state index is 9.55. The summed E-state index contributed by atoms with van der Waals surface area (Å²) < 4.78 is 0. The molecule has 0 amide bonds. The third-order valence-electron chi connectivity index (χ3n) is 3.08. The number of nitrogens with zero attached hydrogens (tertiary/aromatic N) is 1. The Bertz CT molecular complexity index is 249. The van der Waals surface area contributed by atoms with E-state index in [0.29, 0.717) is 0 Å². The molecule has 0 radical (unpaired) electrons. The average molecular weight is 238 g/mol. The first-order valence-electron chi connectivity index (χ1n) is 6.79. The summed E-state index contributed by atoms with van der Waals surface area (Å²) in [5, 5.41) is 12.8. The molecule has 2 unspecified atom stereocenters. The van der Waals surface area contributed by atoms with Gasteiger partial charge in [-0.2, -0.15) is 0 Å². The van der Waals surface area contributed by atoms with Crippen LogP contribution >= 0.6 is 0 Å². The second-order valence-electron chi connectivity index (χ2n) is 4.59. The first-order chi connectivity index (χ1) is 8.25. The van der Waals surface area contributed by atoms with Crippen molar-refractivity contribution in [1.29, 1.82) is 0 Å². The van der Waals surface area contributed by atoms with E-state index in [1.165, 1.54) is 25.7 Å². The Kier molecular flexibility index (Phi) is 6.78. The minimum absolute atomic E-state index is 0.279. The van der Waals surface area contributed by atoms with E-state index < -0.39 is 6.23 Å². The number of aliphatic hydroxyl groups excluding tert-OH is 1. The molecule has 0 aromatic heterocycles. The third kappa shape index (κ3) is 5.26. The highest BCUT2D eigenvalue weighted by Crippen LogP contribution is 2.15. The lowest BCUT2D eigenvalue weighted by Gasteiger charge is -2.28. The lowest BCUT2D eigenvalue weighted by Crippen LogP contribution is -2.40. The molecule has 17 heavy (non-hydrogen) atoms. The Morgan fingerprint density at radius 2 is 2.18 bits per heavy atom. The molecule has 0 aliphatic carbocycles. The zero-order valence-corrected chi connectivity index (χ0v) is 11.1. The topological polar surface area (TPSA) is 35.5 Å². The molecule has 2 atom stereocenters. The SMILES string of the molecule is CC/C=C/CCCCCC1NC=CN1C(C)O. The first kappa shape index (κ1) is 14.1. The summed E-state index contributed by atoms with van der Waals surface area (Å²) in [6.07, 6.45) is 15.4. The van der Waals surface area contributed by atoms with E-state index in [0.717, 1.165) is 12.8 Å². The molecule has 1 rings (SSSR count). The maximum Gasteiger partial charge on any atom is 0.125 e. The Morgan fingerprint density at radius 1 is 1.35 bits per heavy atom. The van der Waals surface area contributed by atoms with Crippen LogP contribution in [0.2, 0.25) is 0 Å². The molecule has 2 N–H and O–H groups in total. The quantitative estimate of drug-likeness (QED) is 0.504. The van der Waals surface area contributed by atoms with Crippen LogP contribution in [0.5, 0.6) is 0 Å². The van der Waals surface area contributed by atoms with Crippen LogP contribution in [0.15, 0.2) is 24.6 Å². The molecule has 0 saturated carbocycles. The van der Waals surface area contributed by atoms with Crippen LogP contribution < -0.4 is 5.32 Å². The first-order valence-corrected chi connectivity index (χ1v) is 6.79. The second kappa shape index (κ2) is 8.18. The second-order valence-corrected chi connectivity index (χ2v) is 4.59. The number of hydrogen-bond donors (Lipinski definition) is 2. The minimum atomic E-state index is -0.404. The smallest absolute Gasteiger partial charge is 0.125 e. The van der Waals surface area contributed by atoms with Crippen LogP contribution in [-0.4, -0.2) is 22.4 Å². The number of allylic oxidation sites excluding steroid dienone is 2. The summed E-state index contributed by atoms with van der Waals surface area (Å²) in [6, 6.07) is 0. The lowest BCUT2D eigenvalue weighted by molar-refractivity contribution is 0.0254. The van der Waals surface area contributed by atoms with E-state index in [1.54, 1.807) is 6.92 Å². The number of nitrogens with one attached hydrogen (secondary N) is 1. The Labute approximate surface area is 105 Å². The normalized spacial score (nSPS) is 21.1. The molecule has 0 bridgehead atoms. The Balaban J connectivity index is 2.05. The van der Waals surface area contributed by atoms with Gasteiger partial charge in [-0.15, -0.1) is 0 Å². The van der Waals surface area contributed by atoms with Crippen molar-refractivity contribution in [3.63, 3.8) is 0 Å². The van der Waals surface area contributed by atoms with Gasteiger partial charge in [-0.25, -0.2) is 0 Å². The van der Waals surface area contributed by atoms with Gasteiger partial charge in [0.15, 0.2) is 0 Å². The van der Waals surface area contributed by atoms with Crippen LogP contribution in [0.4, 0.5) is 0 Å². The van der Waals surface area contributed by atoms with Crippen LogP contribution in [-0.2, 0) is 0 Å². The van der Waals surface area contributed by atoms with Crippen LogP contribution in [0, 0.1) is 0 Å². The van der Waals surface area contributed by atoms with Crippen LogP contribution in [0.1, 0.15) is 52.4 Å². The zero-order chi connectivity index (χ0) is 12.5. The third-order valence-corrected chi connectivity index (χ3v) is 3.08. The molecule has 0 aromatic rings. The van der Waals surface area contributed by atoms with Crippen molar-refractivity contribution in [3.8, 4) is 0 Å². The zero-order valence-electron chi connectivity index (χ0n) is 11.1. The van der Waals surface area contributed by atoms with Gasteiger partial charge in [-0.1, -0.05) is 25.5 Å². The molecule has 1 aliphatic rings. The molecule has 0 aromatic carbocycles. The summed E-state index contributed by atoms with van der Waals surface area (Å²) >= 11 is 0.